The number of hydrogen-bond donors (Lipinski definition) is 1. The molecule has 2 heteroatoms. The van der Waals surface area contributed by atoms with E-state index in [-0.39, 0.29) is 0 Å². The second-order valence-corrected chi connectivity index (χ2v) is 6.10. The Morgan fingerprint density at radius 1 is 1.00 bits per heavy atom. The molecule has 1 N–H and O–H groups in total. The lowest BCUT2D eigenvalue weighted by molar-refractivity contribution is 0.0886. The van der Waals surface area contributed by atoms with Gasteiger partial charge in [0.1, 0.15) is 0 Å². The zero-order chi connectivity index (χ0) is 12.6. The average molecular weight is 240 g/mol. The van der Waals surface area contributed by atoms with Gasteiger partial charge in [0.05, 0.1) is 0 Å². The Morgan fingerprint density at radius 2 is 1.65 bits per heavy atom. The van der Waals surface area contributed by atoms with Crippen molar-refractivity contribution in [2.45, 2.75) is 71.3 Å². The average Bonchev–Trinajstić information content (AvgIpc) is 2.29. The molecular formula is C15H32N2. The quantitative estimate of drug-likeness (QED) is 0.654. The maximum absolute atomic E-state index is 3.49. The Labute approximate surface area is 108 Å². The molecule has 0 aromatic heterocycles. The SMILES string of the molecule is CCCCCCCCCN1CCNCC1(C)C. The maximum atomic E-state index is 3.49. The molecule has 2 nitrogen and oxygen atoms in total. The van der Waals surface area contributed by atoms with Crippen LogP contribution in [0.5, 0.6) is 0 Å². The zero-order valence-corrected chi connectivity index (χ0v) is 12.2. The van der Waals surface area contributed by atoms with Crippen LogP contribution < -0.4 is 5.32 Å². The van der Waals surface area contributed by atoms with Gasteiger partial charge in [-0.3, -0.25) is 4.90 Å². The van der Waals surface area contributed by atoms with E-state index in [0.29, 0.717) is 5.54 Å². The fourth-order valence-corrected chi connectivity index (χ4v) is 2.70. The van der Waals surface area contributed by atoms with Gasteiger partial charge in [0.2, 0.25) is 0 Å². The number of nitrogens with zero attached hydrogens (tertiary/aromatic N) is 1. The van der Waals surface area contributed by atoms with E-state index < -0.39 is 0 Å². The van der Waals surface area contributed by atoms with E-state index in [2.05, 4.69) is 31.0 Å². The summed E-state index contributed by atoms with van der Waals surface area (Å²) in [5.74, 6) is 0. The molecule has 1 heterocycles. The summed E-state index contributed by atoms with van der Waals surface area (Å²) in [5, 5.41) is 3.49. The van der Waals surface area contributed by atoms with Crippen LogP contribution in [0.15, 0.2) is 0 Å². The summed E-state index contributed by atoms with van der Waals surface area (Å²) < 4.78 is 0. The summed E-state index contributed by atoms with van der Waals surface area (Å²) in [6.45, 7) is 11.8. The minimum absolute atomic E-state index is 0.362. The standard InChI is InChI=1S/C15H32N2/c1-4-5-6-7-8-9-10-12-17-13-11-16-14-15(17,2)3/h16H,4-14H2,1-3H3. The zero-order valence-electron chi connectivity index (χ0n) is 12.2. The van der Waals surface area contributed by atoms with Gasteiger partial charge in [0.25, 0.3) is 0 Å². The van der Waals surface area contributed by atoms with Crippen molar-refractivity contribution < 1.29 is 0 Å². The van der Waals surface area contributed by atoms with Crippen molar-refractivity contribution >= 4 is 0 Å². The molecule has 0 atom stereocenters. The second kappa shape index (κ2) is 8.10. The minimum Gasteiger partial charge on any atom is -0.314 e. The van der Waals surface area contributed by atoms with E-state index in [0.717, 1.165) is 6.54 Å². The fraction of sp³-hybridized carbons (Fsp3) is 1.00. The topological polar surface area (TPSA) is 15.3 Å². The highest BCUT2D eigenvalue weighted by molar-refractivity contribution is 4.87. The smallest absolute Gasteiger partial charge is 0.0278 e. The van der Waals surface area contributed by atoms with Crippen LogP contribution in [0.1, 0.15) is 65.7 Å². The minimum atomic E-state index is 0.362. The van der Waals surface area contributed by atoms with Crippen molar-refractivity contribution in [1.29, 1.82) is 0 Å². The molecule has 102 valence electrons. The molecule has 0 radical (unpaired) electrons. The van der Waals surface area contributed by atoms with Crippen LogP contribution in [0, 0.1) is 0 Å². The summed E-state index contributed by atoms with van der Waals surface area (Å²) >= 11 is 0. The summed E-state index contributed by atoms with van der Waals surface area (Å²) in [6.07, 6.45) is 9.90. The lowest BCUT2D eigenvalue weighted by Gasteiger charge is -2.43. The van der Waals surface area contributed by atoms with Gasteiger partial charge in [0.15, 0.2) is 0 Å². The van der Waals surface area contributed by atoms with Gasteiger partial charge in [-0.2, -0.15) is 0 Å². The number of nitrogens with one attached hydrogen (secondary N) is 1. The van der Waals surface area contributed by atoms with Crippen molar-refractivity contribution in [2.75, 3.05) is 26.2 Å². The summed E-state index contributed by atoms with van der Waals surface area (Å²) in [4.78, 5) is 2.66. The molecule has 0 aromatic carbocycles. The second-order valence-electron chi connectivity index (χ2n) is 6.10. The highest BCUT2D eigenvalue weighted by Crippen LogP contribution is 2.17. The fourth-order valence-electron chi connectivity index (χ4n) is 2.70. The van der Waals surface area contributed by atoms with Crippen molar-refractivity contribution in [3.8, 4) is 0 Å². The molecule has 0 aromatic rings. The van der Waals surface area contributed by atoms with Crippen molar-refractivity contribution in [1.82, 2.24) is 10.2 Å². The molecule has 1 fully saturated rings. The molecule has 0 spiro atoms. The van der Waals surface area contributed by atoms with E-state index >= 15 is 0 Å². The number of rotatable bonds is 8. The first kappa shape index (κ1) is 15.0. The first-order valence-electron chi connectivity index (χ1n) is 7.62. The molecule has 1 saturated heterocycles. The van der Waals surface area contributed by atoms with Crippen LogP contribution in [-0.4, -0.2) is 36.6 Å². The van der Waals surface area contributed by atoms with Crippen LogP contribution in [0.3, 0.4) is 0 Å². The Bertz CT molecular complexity index is 189. The summed E-state index contributed by atoms with van der Waals surface area (Å²) in [6, 6.07) is 0. The van der Waals surface area contributed by atoms with Crippen LogP contribution in [-0.2, 0) is 0 Å². The normalized spacial score (nSPS) is 20.6. The van der Waals surface area contributed by atoms with Crippen molar-refractivity contribution in [3.05, 3.63) is 0 Å². The van der Waals surface area contributed by atoms with Gasteiger partial charge in [-0.25, -0.2) is 0 Å². The van der Waals surface area contributed by atoms with E-state index in [1.165, 1.54) is 64.6 Å². The molecule has 0 aliphatic carbocycles. The van der Waals surface area contributed by atoms with Crippen LogP contribution in [0.25, 0.3) is 0 Å². The van der Waals surface area contributed by atoms with Gasteiger partial charge >= 0.3 is 0 Å². The van der Waals surface area contributed by atoms with E-state index in [9.17, 15) is 0 Å². The third-order valence-electron chi connectivity index (χ3n) is 4.00. The molecule has 1 aliphatic rings. The van der Waals surface area contributed by atoms with Crippen LogP contribution in [0.2, 0.25) is 0 Å². The first-order valence-corrected chi connectivity index (χ1v) is 7.62. The molecule has 0 amide bonds. The molecule has 17 heavy (non-hydrogen) atoms. The predicted octanol–water partition coefficient (Wildman–Crippen LogP) is 3.42. The van der Waals surface area contributed by atoms with E-state index in [1.807, 2.05) is 0 Å². The lowest BCUT2D eigenvalue weighted by atomic mass is 9.99. The summed E-state index contributed by atoms with van der Waals surface area (Å²) in [5.41, 5.74) is 0.362. The van der Waals surface area contributed by atoms with Crippen molar-refractivity contribution in [2.24, 2.45) is 0 Å². The van der Waals surface area contributed by atoms with Gasteiger partial charge in [-0.15, -0.1) is 0 Å². The highest BCUT2D eigenvalue weighted by atomic mass is 15.2. The Morgan fingerprint density at radius 3 is 2.29 bits per heavy atom. The Kier molecular flexibility index (Phi) is 7.14. The molecule has 0 unspecified atom stereocenters. The van der Waals surface area contributed by atoms with Crippen molar-refractivity contribution in [3.63, 3.8) is 0 Å². The third kappa shape index (κ3) is 5.87. The van der Waals surface area contributed by atoms with Gasteiger partial charge < -0.3 is 5.32 Å². The molecule has 0 bridgehead atoms. The third-order valence-corrected chi connectivity index (χ3v) is 4.00. The summed E-state index contributed by atoms with van der Waals surface area (Å²) in [7, 11) is 0. The molecule has 1 rings (SSSR count). The van der Waals surface area contributed by atoms with E-state index in [1.54, 1.807) is 0 Å². The highest BCUT2D eigenvalue weighted by Gasteiger charge is 2.28. The molecule has 0 saturated carbocycles. The Hall–Kier alpha value is -0.0800. The van der Waals surface area contributed by atoms with Gasteiger partial charge in [0, 0.05) is 25.2 Å². The number of piperazine rings is 1. The largest absolute Gasteiger partial charge is 0.314 e. The van der Waals surface area contributed by atoms with Crippen LogP contribution in [0.4, 0.5) is 0 Å². The number of hydrogen-bond acceptors (Lipinski definition) is 2. The monoisotopic (exact) mass is 240 g/mol. The van der Waals surface area contributed by atoms with Crippen LogP contribution >= 0.6 is 0 Å². The molecule has 1 aliphatic heterocycles. The lowest BCUT2D eigenvalue weighted by Crippen LogP contribution is -2.57. The van der Waals surface area contributed by atoms with E-state index in [4.69, 9.17) is 0 Å². The number of unbranched alkanes of at least 4 members (excludes halogenated alkanes) is 6. The van der Waals surface area contributed by atoms with Gasteiger partial charge in [-0.1, -0.05) is 45.4 Å². The molecular weight excluding hydrogens is 208 g/mol. The first-order chi connectivity index (χ1) is 8.17. The van der Waals surface area contributed by atoms with Gasteiger partial charge in [-0.05, 0) is 26.8 Å². The Balaban J connectivity index is 2.01. The maximum Gasteiger partial charge on any atom is 0.0278 e. The predicted molar refractivity (Wildman–Crippen MR) is 76.5 cm³/mol.